The van der Waals surface area contributed by atoms with E-state index in [2.05, 4.69) is 32.0 Å². The van der Waals surface area contributed by atoms with Gasteiger partial charge in [-0.25, -0.2) is 0 Å². The van der Waals surface area contributed by atoms with E-state index >= 15 is 0 Å². The van der Waals surface area contributed by atoms with Gasteiger partial charge in [0.2, 0.25) is 0 Å². The second-order valence-electron chi connectivity index (χ2n) is 4.30. The minimum absolute atomic E-state index is 0.285. The van der Waals surface area contributed by atoms with Crippen LogP contribution in [-0.2, 0) is 11.2 Å². The van der Waals surface area contributed by atoms with Gasteiger partial charge >= 0.3 is 0 Å². The molecule has 1 aromatic carbocycles. The molecule has 1 aromatic rings. The number of benzene rings is 1. The number of fused-ring (bicyclic) bond motifs is 1. The van der Waals surface area contributed by atoms with Crippen LogP contribution in [0.5, 0.6) is 5.75 Å². The SMILES string of the molecule is CC1Cc2ccc(C(C)CC=O)cc2O1. The Balaban J connectivity index is 2.23. The summed E-state index contributed by atoms with van der Waals surface area (Å²) in [4.78, 5) is 10.4. The summed E-state index contributed by atoms with van der Waals surface area (Å²) in [6.07, 6.45) is 2.84. The minimum atomic E-state index is 0.285. The molecule has 2 rings (SSSR count). The summed E-state index contributed by atoms with van der Waals surface area (Å²) in [6, 6.07) is 6.30. The molecule has 0 saturated carbocycles. The van der Waals surface area contributed by atoms with Gasteiger partial charge in [0.1, 0.15) is 18.1 Å². The fourth-order valence-corrected chi connectivity index (χ4v) is 2.00. The van der Waals surface area contributed by atoms with E-state index in [1.165, 1.54) is 11.1 Å². The molecule has 0 amide bonds. The summed E-state index contributed by atoms with van der Waals surface area (Å²) in [5.74, 6) is 1.28. The van der Waals surface area contributed by atoms with Gasteiger partial charge in [-0.15, -0.1) is 0 Å². The molecule has 0 aliphatic carbocycles. The van der Waals surface area contributed by atoms with Gasteiger partial charge in [-0.1, -0.05) is 19.1 Å². The van der Waals surface area contributed by atoms with Crippen LogP contribution in [-0.4, -0.2) is 12.4 Å². The van der Waals surface area contributed by atoms with Crippen molar-refractivity contribution >= 4 is 6.29 Å². The molecule has 0 N–H and O–H groups in total. The Morgan fingerprint density at radius 3 is 3.13 bits per heavy atom. The molecule has 2 nitrogen and oxygen atoms in total. The van der Waals surface area contributed by atoms with E-state index in [4.69, 9.17) is 4.74 Å². The number of hydrogen-bond acceptors (Lipinski definition) is 2. The third-order valence-electron chi connectivity index (χ3n) is 2.95. The predicted octanol–water partition coefficient (Wildman–Crippen LogP) is 2.70. The molecule has 0 fully saturated rings. The van der Waals surface area contributed by atoms with Crippen LogP contribution in [0.2, 0.25) is 0 Å². The van der Waals surface area contributed by atoms with Crippen LogP contribution in [0.4, 0.5) is 0 Å². The van der Waals surface area contributed by atoms with Crippen LogP contribution in [0.1, 0.15) is 37.3 Å². The fourth-order valence-electron chi connectivity index (χ4n) is 2.00. The zero-order valence-corrected chi connectivity index (χ0v) is 9.19. The Morgan fingerprint density at radius 2 is 2.40 bits per heavy atom. The Kier molecular flexibility index (Phi) is 2.76. The van der Waals surface area contributed by atoms with E-state index in [0.29, 0.717) is 6.42 Å². The number of rotatable bonds is 3. The molecular formula is C13H16O2. The molecule has 2 atom stereocenters. The number of carbonyl (C=O) groups is 1. The maximum atomic E-state index is 10.4. The van der Waals surface area contributed by atoms with Crippen molar-refractivity contribution in [2.45, 2.75) is 38.7 Å². The van der Waals surface area contributed by atoms with Crippen LogP contribution < -0.4 is 4.74 Å². The Morgan fingerprint density at radius 1 is 1.60 bits per heavy atom. The van der Waals surface area contributed by atoms with E-state index in [-0.39, 0.29) is 12.0 Å². The lowest BCUT2D eigenvalue weighted by Crippen LogP contribution is -2.05. The highest BCUT2D eigenvalue weighted by molar-refractivity contribution is 5.52. The third kappa shape index (κ3) is 2.04. The van der Waals surface area contributed by atoms with Gasteiger partial charge in [0.15, 0.2) is 0 Å². The van der Waals surface area contributed by atoms with Gasteiger partial charge in [-0.3, -0.25) is 0 Å². The molecule has 2 unspecified atom stereocenters. The first-order chi connectivity index (χ1) is 7.20. The van der Waals surface area contributed by atoms with Gasteiger partial charge in [-0.05, 0) is 30.0 Å². The summed E-state index contributed by atoms with van der Waals surface area (Å²) >= 11 is 0. The molecule has 0 saturated heterocycles. The van der Waals surface area contributed by atoms with Crippen molar-refractivity contribution in [1.82, 2.24) is 0 Å². The lowest BCUT2D eigenvalue weighted by Gasteiger charge is -2.10. The molecule has 0 spiro atoms. The van der Waals surface area contributed by atoms with E-state index in [1.54, 1.807) is 0 Å². The molecule has 0 bridgehead atoms. The Labute approximate surface area is 90.3 Å². The summed E-state index contributed by atoms with van der Waals surface area (Å²) in [5, 5.41) is 0. The lowest BCUT2D eigenvalue weighted by molar-refractivity contribution is -0.108. The lowest BCUT2D eigenvalue weighted by atomic mass is 9.96. The second-order valence-corrected chi connectivity index (χ2v) is 4.30. The van der Waals surface area contributed by atoms with Crippen LogP contribution in [0.3, 0.4) is 0 Å². The van der Waals surface area contributed by atoms with Crippen LogP contribution >= 0.6 is 0 Å². The quantitative estimate of drug-likeness (QED) is 0.707. The van der Waals surface area contributed by atoms with E-state index < -0.39 is 0 Å². The van der Waals surface area contributed by atoms with Crippen molar-refractivity contribution < 1.29 is 9.53 Å². The summed E-state index contributed by atoms with van der Waals surface area (Å²) < 4.78 is 5.69. The van der Waals surface area contributed by atoms with Gasteiger partial charge in [0.05, 0.1) is 0 Å². The normalized spacial score (nSPS) is 20.5. The van der Waals surface area contributed by atoms with Crippen molar-refractivity contribution in [3.63, 3.8) is 0 Å². The highest BCUT2D eigenvalue weighted by Crippen LogP contribution is 2.32. The van der Waals surface area contributed by atoms with Crippen molar-refractivity contribution in [2.24, 2.45) is 0 Å². The zero-order valence-electron chi connectivity index (χ0n) is 9.19. The zero-order chi connectivity index (χ0) is 10.8. The Hall–Kier alpha value is -1.31. The number of ether oxygens (including phenoxy) is 1. The first-order valence-electron chi connectivity index (χ1n) is 5.44. The molecule has 0 radical (unpaired) electrons. The van der Waals surface area contributed by atoms with Crippen molar-refractivity contribution in [3.8, 4) is 5.75 Å². The summed E-state index contributed by atoms with van der Waals surface area (Å²) in [5.41, 5.74) is 2.47. The molecule has 0 aromatic heterocycles. The van der Waals surface area contributed by atoms with Crippen LogP contribution in [0.25, 0.3) is 0 Å². The predicted molar refractivity (Wildman–Crippen MR) is 59.3 cm³/mol. The van der Waals surface area contributed by atoms with E-state index in [9.17, 15) is 4.79 Å². The largest absolute Gasteiger partial charge is 0.490 e. The first kappa shape index (κ1) is 10.2. The number of aldehydes is 1. The standard InChI is InChI=1S/C13H16O2/c1-9(5-6-14)11-3-4-12-7-10(2)15-13(12)8-11/h3-4,6,8-10H,5,7H2,1-2H3. The monoisotopic (exact) mass is 204 g/mol. The van der Waals surface area contributed by atoms with Crippen LogP contribution in [0.15, 0.2) is 18.2 Å². The molecule has 1 aliphatic heterocycles. The highest BCUT2D eigenvalue weighted by Gasteiger charge is 2.19. The fraction of sp³-hybridized carbons (Fsp3) is 0.462. The third-order valence-corrected chi connectivity index (χ3v) is 2.95. The summed E-state index contributed by atoms with van der Waals surface area (Å²) in [7, 11) is 0. The van der Waals surface area contributed by atoms with Gasteiger partial charge < -0.3 is 9.53 Å². The average molecular weight is 204 g/mol. The second kappa shape index (κ2) is 4.05. The average Bonchev–Trinajstić information content (AvgIpc) is 2.57. The maximum absolute atomic E-state index is 10.4. The molecule has 15 heavy (non-hydrogen) atoms. The highest BCUT2D eigenvalue weighted by atomic mass is 16.5. The number of hydrogen-bond donors (Lipinski definition) is 0. The molecule has 1 aliphatic rings. The Bertz CT molecular complexity index is 371. The van der Waals surface area contributed by atoms with Gasteiger partial charge in [-0.2, -0.15) is 0 Å². The van der Waals surface area contributed by atoms with Gasteiger partial charge in [0.25, 0.3) is 0 Å². The molecular weight excluding hydrogens is 188 g/mol. The molecule has 2 heteroatoms. The van der Waals surface area contributed by atoms with Crippen LogP contribution in [0, 0.1) is 0 Å². The summed E-state index contributed by atoms with van der Waals surface area (Å²) in [6.45, 7) is 4.14. The van der Waals surface area contributed by atoms with E-state index in [0.717, 1.165) is 18.5 Å². The minimum Gasteiger partial charge on any atom is -0.490 e. The maximum Gasteiger partial charge on any atom is 0.123 e. The van der Waals surface area contributed by atoms with Crippen molar-refractivity contribution in [3.05, 3.63) is 29.3 Å². The molecule has 80 valence electrons. The van der Waals surface area contributed by atoms with Crippen molar-refractivity contribution in [2.75, 3.05) is 0 Å². The van der Waals surface area contributed by atoms with Crippen molar-refractivity contribution in [1.29, 1.82) is 0 Å². The smallest absolute Gasteiger partial charge is 0.123 e. The van der Waals surface area contributed by atoms with E-state index in [1.807, 2.05) is 0 Å². The first-order valence-corrected chi connectivity index (χ1v) is 5.44. The topological polar surface area (TPSA) is 26.3 Å². The van der Waals surface area contributed by atoms with Gasteiger partial charge in [0, 0.05) is 12.8 Å². The number of carbonyl (C=O) groups excluding carboxylic acids is 1. The molecule has 1 heterocycles.